The Morgan fingerprint density at radius 1 is 0.929 bits per heavy atom. The molecule has 4 atom stereocenters. The number of rotatable bonds is 13. The Bertz CT molecular complexity index is 586. The molecule has 0 aliphatic rings. The SMILES string of the molecule is CSCCC(NC(=O)C(C)N)C(=O)NC(CO)C(=O)NC(CC(=O)O)C(=O)O. The third-order valence-corrected chi connectivity index (χ3v) is 4.11. The van der Waals surface area contributed by atoms with Gasteiger partial charge in [-0.25, -0.2) is 4.79 Å². The summed E-state index contributed by atoms with van der Waals surface area (Å²) in [5, 5.41) is 33.6. The zero-order valence-electron chi connectivity index (χ0n) is 15.5. The summed E-state index contributed by atoms with van der Waals surface area (Å²) in [4.78, 5) is 58.0. The monoisotopic (exact) mass is 422 g/mol. The molecule has 0 aromatic heterocycles. The number of hydrogen-bond donors (Lipinski definition) is 7. The number of carbonyl (C=O) groups is 5. The van der Waals surface area contributed by atoms with Gasteiger partial charge in [-0.15, -0.1) is 0 Å². The van der Waals surface area contributed by atoms with Crippen LogP contribution in [0, 0.1) is 0 Å². The Balaban J connectivity index is 5.11. The molecule has 0 heterocycles. The van der Waals surface area contributed by atoms with Gasteiger partial charge >= 0.3 is 11.9 Å². The van der Waals surface area contributed by atoms with Crippen LogP contribution in [0.1, 0.15) is 19.8 Å². The van der Waals surface area contributed by atoms with E-state index in [9.17, 15) is 29.1 Å². The topological polar surface area (TPSA) is 208 Å². The van der Waals surface area contributed by atoms with Crippen molar-refractivity contribution in [2.24, 2.45) is 5.73 Å². The van der Waals surface area contributed by atoms with Gasteiger partial charge in [-0.2, -0.15) is 11.8 Å². The van der Waals surface area contributed by atoms with Gasteiger partial charge in [0.1, 0.15) is 18.1 Å². The number of hydrogen-bond acceptors (Lipinski definition) is 8. The van der Waals surface area contributed by atoms with Gasteiger partial charge in [-0.05, 0) is 25.4 Å². The molecule has 160 valence electrons. The first-order valence-electron chi connectivity index (χ1n) is 8.24. The molecule has 0 aliphatic carbocycles. The number of carbonyl (C=O) groups excluding carboxylic acids is 3. The number of amides is 3. The minimum Gasteiger partial charge on any atom is -0.481 e. The Morgan fingerprint density at radius 3 is 1.86 bits per heavy atom. The lowest BCUT2D eigenvalue weighted by molar-refractivity contribution is -0.147. The average molecular weight is 422 g/mol. The molecule has 0 saturated heterocycles. The van der Waals surface area contributed by atoms with Gasteiger partial charge in [-0.3, -0.25) is 19.2 Å². The normalized spacial score (nSPS) is 14.9. The van der Waals surface area contributed by atoms with Crippen molar-refractivity contribution >= 4 is 41.4 Å². The fourth-order valence-electron chi connectivity index (χ4n) is 1.92. The summed E-state index contributed by atoms with van der Waals surface area (Å²) in [5.74, 6) is -4.96. The number of aliphatic hydroxyl groups is 1. The maximum atomic E-state index is 12.4. The van der Waals surface area contributed by atoms with Gasteiger partial charge in [0.25, 0.3) is 0 Å². The second-order valence-electron chi connectivity index (χ2n) is 5.87. The first kappa shape index (κ1) is 25.6. The summed E-state index contributed by atoms with van der Waals surface area (Å²) < 4.78 is 0. The van der Waals surface area contributed by atoms with Crippen molar-refractivity contribution in [2.45, 2.75) is 43.9 Å². The largest absolute Gasteiger partial charge is 0.481 e. The highest BCUT2D eigenvalue weighted by atomic mass is 32.2. The molecule has 0 saturated carbocycles. The number of nitrogens with one attached hydrogen (secondary N) is 3. The van der Waals surface area contributed by atoms with E-state index in [0.29, 0.717) is 5.75 Å². The molecule has 4 unspecified atom stereocenters. The van der Waals surface area contributed by atoms with E-state index in [4.69, 9.17) is 15.9 Å². The van der Waals surface area contributed by atoms with Gasteiger partial charge in [0.2, 0.25) is 17.7 Å². The van der Waals surface area contributed by atoms with E-state index in [1.807, 2.05) is 5.32 Å². The molecule has 8 N–H and O–H groups in total. The zero-order valence-corrected chi connectivity index (χ0v) is 16.3. The molecule has 13 heteroatoms. The molecule has 0 radical (unpaired) electrons. The highest BCUT2D eigenvalue weighted by Crippen LogP contribution is 2.03. The van der Waals surface area contributed by atoms with Gasteiger partial charge in [0, 0.05) is 0 Å². The van der Waals surface area contributed by atoms with Gasteiger partial charge in [-0.1, -0.05) is 0 Å². The lowest BCUT2D eigenvalue weighted by atomic mass is 10.1. The molecule has 0 spiro atoms. The molecule has 0 aromatic carbocycles. The van der Waals surface area contributed by atoms with Crippen LogP contribution in [0.2, 0.25) is 0 Å². The van der Waals surface area contributed by atoms with E-state index in [2.05, 4.69) is 10.6 Å². The van der Waals surface area contributed by atoms with E-state index in [-0.39, 0.29) is 6.42 Å². The van der Waals surface area contributed by atoms with Crippen molar-refractivity contribution in [3.8, 4) is 0 Å². The van der Waals surface area contributed by atoms with Crippen molar-refractivity contribution in [3.05, 3.63) is 0 Å². The fraction of sp³-hybridized carbons (Fsp3) is 0.667. The van der Waals surface area contributed by atoms with Crippen LogP contribution in [0.25, 0.3) is 0 Å². The molecule has 0 bridgehead atoms. The number of aliphatic hydroxyl groups excluding tert-OH is 1. The maximum Gasteiger partial charge on any atom is 0.326 e. The molecule has 0 fully saturated rings. The van der Waals surface area contributed by atoms with Crippen LogP contribution >= 0.6 is 11.8 Å². The Morgan fingerprint density at radius 2 is 1.43 bits per heavy atom. The molecule has 0 aliphatic heterocycles. The fourth-order valence-corrected chi connectivity index (χ4v) is 2.39. The quantitative estimate of drug-likeness (QED) is 0.161. The molecule has 3 amide bonds. The van der Waals surface area contributed by atoms with Crippen molar-refractivity contribution in [3.63, 3.8) is 0 Å². The lowest BCUT2D eigenvalue weighted by Crippen LogP contribution is -2.58. The highest BCUT2D eigenvalue weighted by Gasteiger charge is 2.30. The summed E-state index contributed by atoms with van der Waals surface area (Å²) in [6, 6.07) is -5.16. The second kappa shape index (κ2) is 12.9. The van der Waals surface area contributed by atoms with Crippen LogP contribution in [0.3, 0.4) is 0 Å². The Hall–Kier alpha value is -2.38. The van der Waals surface area contributed by atoms with E-state index in [0.717, 1.165) is 0 Å². The van der Waals surface area contributed by atoms with Crippen LogP contribution in [-0.2, 0) is 24.0 Å². The first-order chi connectivity index (χ1) is 13.0. The first-order valence-corrected chi connectivity index (χ1v) is 9.63. The zero-order chi connectivity index (χ0) is 21.9. The van der Waals surface area contributed by atoms with Gasteiger partial charge < -0.3 is 37.0 Å². The van der Waals surface area contributed by atoms with Crippen LogP contribution in [0.4, 0.5) is 0 Å². The summed E-state index contributed by atoms with van der Waals surface area (Å²) in [6.45, 7) is 0.560. The van der Waals surface area contributed by atoms with Crippen LogP contribution in [-0.4, -0.2) is 87.8 Å². The summed E-state index contributed by atoms with van der Waals surface area (Å²) in [5.41, 5.74) is 5.45. The molecule has 0 rings (SSSR count). The van der Waals surface area contributed by atoms with Crippen molar-refractivity contribution in [1.82, 2.24) is 16.0 Å². The molecular formula is C15H26N4O8S. The Labute approximate surface area is 165 Å². The van der Waals surface area contributed by atoms with E-state index in [1.54, 1.807) is 6.26 Å². The minimum atomic E-state index is -1.74. The van der Waals surface area contributed by atoms with Crippen LogP contribution < -0.4 is 21.7 Å². The number of carboxylic acid groups (broad SMARTS) is 2. The van der Waals surface area contributed by atoms with E-state index >= 15 is 0 Å². The molecule has 12 nitrogen and oxygen atoms in total. The summed E-state index contributed by atoms with van der Waals surface area (Å²) in [7, 11) is 0. The van der Waals surface area contributed by atoms with Crippen LogP contribution in [0.5, 0.6) is 0 Å². The molecule has 0 aromatic rings. The van der Waals surface area contributed by atoms with Gasteiger partial charge in [0.05, 0.1) is 19.1 Å². The molecular weight excluding hydrogens is 396 g/mol. The van der Waals surface area contributed by atoms with Crippen molar-refractivity contribution < 1.29 is 39.3 Å². The van der Waals surface area contributed by atoms with Gasteiger partial charge in [0.15, 0.2) is 0 Å². The molecule has 28 heavy (non-hydrogen) atoms. The Kier molecular flexibility index (Phi) is 11.8. The number of aliphatic carboxylic acids is 2. The van der Waals surface area contributed by atoms with Crippen molar-refractivity contribution in [1.29, 1.82) is 0 Å². The highest BCUT2D eigenvalue weighted by molar-refractivity contribution is 7.98. The average Bonchev–Trinajstić information content (AvgIpc) is 2.61. The lowest BCUT2D eigenvalue weighted by Gasteiger charge is -2.23. The summed E-state index contributed by atoms with van der Waals surface area (Å²) >= 11 is 1.42. The smallest absolute Gasteiger partial charge is 0.326 e. The number of thioether (sulfide) groups is 1. The third-order valence-electron chi connectivity index (χ3n) is 3.47. The number of nitrogens with two attached hydrogens (primary N) is 1. The van der Waals surface area contributed by atoms with Crippen LogP contribution in [0.15, 0.2) is 0 Å². The van der Waals surface area contributed by atoms with E-state index < -0.39 is 66.9 Å². The predicted molar refractivity (Wildman–Crippen MR) is 99.4 cm³/mol. The summed E-state index contributed by atoms with van der Waals surface area (Å²) in [6.07, 6.45) is 1.14. The minimum absolute atomic E-state index is 0.224. The standard InChI is InChI=1S/C15H26N4O8S/c1-7(16)12(23)17-8(3-4-28-2)13(24)19-10(6-20)14(25)18-9(15(26)27)5-11(21)22/h7-10,20H,3-6,16H2,1-2H3,(H,17,23)(H,18,25)(H,19,24)(H,21,22)(H,26,27). The maximum absolute atomic E-state index is 12.4. The third kappa shape index (κ3) is 9.53. The van der Waals surface area contributed by atoms with E-state index in [1.165, 1.54) is 18.7 Å². The number of carboxylic acids is 2. The van der Waals surface area contributed by atoms with Crippen molar-refractivity contribution in [2.75, 3.05) is 18.6 Å². The second-order valence-corrected chi connectivity index (χ2v) is 6.86. The predicted octanol–water partition coefficient (Wildman–Crippen LogP) is -2.91.